The normalized spacial score (nSPS) is 26.6. The molecule has 0 amide bonds. The van der Waals surface area contributed by atoms with Gasteiger partial charge in [-0.2, -0.15) is 0 Å². The van der Waals surface area contributed by atoms with Crippen LogP contribution in [-0.4, -0.2) is 37.8 Å². The van der Waals surface area contributed by atoms with Crippen LogP contribution in [0.4, 0.5) is 5.13 Å². The SMILES string of the molecule is CCNC1CCCc2nc(N3CCCC(OC)C3)sc21. The van der Waals surface area contributed by atoms with Gasteiger partial charge in [0.2, 0.25) is 0 Å². The molecule has 0 radical (unpaired) electrons. The third-order valence-electron chi connectivity index (χ3n) is 4.37. The van der Waals surface area contributed by atoms with Crippen LogP contribution in [0.15, 0.2) is 0 Å². The Kier molecular flexibility index (Phi) is 4.58. The Morgan fingerprint density at radius 1 is 1.40 bits per heavy atom. The molecule has 1 fully saturated rings. The van der Waals surface area contributed by atoms with Crippen molar-refractivity contribution in [3.63, 3.8) is 0 Å². The number of piperidine rings is 1. The second-order valence-corrected chi connectivity index (χ2v) is 6.76. The summed E-state index contributed by atoms with van der Waals surface area (Å²) in [4.78, 5) is 8.82. The largest absolute Gasteiger partial charge is 0.380 e. The Bertz CT molecular complexity index is 448. The number of hydrogen-bond acceptors (Lipinski definition) is 5. The van der Waals surface area contributed by atoms with Crippen LogP contribution in [0.5, 0.6) is 0 Å². The molecule has 1 saturated heterocycles. The second-order valence-electron chi connectivity index (χ2n) is 5.76. The highest BCUT2D eigenvalue weighted by atomic mass is 32.1. The first-order valence-corrected chi connectivity index (χ1v) is 8.64. The summed E-state index contributed by atoms with van der Waals surface area (Å²) in [6.07, 6.45) is 6.42. The van der Waals surface area contributed by atoms with Gasteiger partial charge < -0.3 is 15.0 Å². The Hall–Kier alpha value is -0.650. The molecule has 112 valence electrons. The summed E-state index contributed by atoms with van der Waals surface area (Å²) < 4.78 is 5.53. The molecule has 2 unspecified atom stereocenters. The van der Waals surface area contributed by atoms with E-state index in [4.69, 9.17) is 9.72 Å². The van der Waals surface area contributed by atoms with E-state index in [2.05, 4.69) is 17.1 Å². The van der Waals surface area contributed by atoms with Gasteiger partial charge in [0.1, 0.15) is 0 Å². The van der Waals surface area contributed by atoms with Crippen LogP contribution >= 0.6 is 11.3 Å². The first-order chi connectivity index (χ1) is 9.81. The molecule has 1 N–H and O–H groups in total. The highest BCUT2D eigenvalue weighted by molar-refractivity contribution is 7.15. The lowest BCUT2D eigenvalue weighted by Crippen LogP contribution is -2.39. The molecular weight excluding hydrogens is 270 g/mol. The Labute approximate surface area is 125 Å². The number of aryl methyl sites for hydroxylation is 1. The maximum absolute atomic E-state index is 5.53. The summed E-state index contributed by atoms with van der Waals surface area (Å²) in [5.41, 5.74) is 1.33. The number of methoxy groups -OCH3 is 1. The lowest BCUT2D eigenvalue weighted by Gasteiger charge is -2.31. The molecule has 2 aliphatic rings. The zero-order valence-corrected chi connectivity index (χ0v) is 13.3. The monoisotopic (exact) mass is 295 g/mol. The predicted molar refractivity (Wildman–Crippen MR) is 83.7 cm³/mol. The predicted octanol–water partition coefficient (Wildman–Crippen LogP) is 2.75. The fraction of sp³-hybridized carbons (Fsp3) is 0.800. The van der Waals surface area contributed by atoms with Crippen molar-refractivity contribution in [1.82, 2.24) is 10.3 Å². The maximum atomic E-state index is 5.53. The minimum atomic E-state index is 0.370. The van der Waals surface area contributed by atoms with Gasteiger partial charge in [-0.15, -0.1) is 0 Å². The maximum Gasteiger partial charge on any atom is 0.185 e. The summed E-state index contributed by atoms with van der Waals surface area (Å²) in [7, 11) is 1.82. The molecule has 0 spiro atoms. The fourth-order valence-corrected chi connectivity index (χ4v) is 4.54. The topological polar surface area (TPSA) is 37.4 Å². The Morgan fingerprint density at radius 3 is 3.10 bits per heavy atom. The average Bonchev–Trinajstić information content (AvgIpc) is 2.93. The number of fused-ring (bicyclic) bond motifs is 1. The molecule has 0 aromatic carbocycles. The van der Waals surface area contributed by atoms with E-state index >= 15 is 0 Å². The summed E-state index contributed by atoms with van der Waals surface area (Å²) in [6, 6.07) is 0.526. The van der Waals surface area contributed by atoms with E-state index in [1.165, 1.54) is 41.4 Å². The zero-order valence-electron chi connectivity index (χ0n) is 12.5. The van der Waals surface area contributed by atoms with E-state index in [1.54, 1.807) is 0 Å². The minimum absolute atomic E-state index is 0.370. The number of nitrogens with one attached hydrogen (secondary N) is 1. The van der Waals surface area contributed by atoms with Crippen LogP contribution in [0.2, 0.25) is 0 Å². The number of rotatable bonds is 4. The number of nitrogens with zero attached hydrogens (tertiary/aromatic N) is 2. The summed E-state index contributed by atoms with van der Waals surface area (Å²) in [6.45, 7) is 5.34. The number of hydrogen-bond donors (Lipinski definition) is 1. The highest BCUT2D eigenvalue weighted by Crippen LogP contribution is 2.38. The molecule has 2 heterocycles. The number of thiazole rings is 1. The van der Waals surface area contributed by atoms with Gasteiger partial charge in [0.15, 0.2) is 5.13 Å². The second kappa shape index (κ2) is 6.41. The molecule has 0 bridgehead atoms. The summed E-state index contributed by atoms with van der Waals surface area (Å²) in [5.74, 6) is 0. The molecule has 3 rings (SSSR count). The van der Waals surface area contributed by atoms with E-state index in [0.717, 1.165) is 26.1 Å². The summed E-state index contributed by atoms with van der Waals surface area (Å²) in [5, 5.41) is 4.81. The average molecular weight is 295 g/mol. The molecule has 2 atom stereocenters. The molecule has 1 aliphatic carbocycles. The molecule has 1 aromatic heterocycles. The summed E-state index contributed by atoms with van der Waals surface area (Å²) >= 11 is 1.90. The first kappa shape index (κ1) is 14.3. The highest BCUT2D eigenvalue weighted by Gasteiger charge is 2.27. The van der Waals surface area contributed by atoms with Gasteiger partial charge in [-0.05, 0) is 38.6 Å². The number of ether oxygens (including phenoxy) is 1. The smallest absolute Gasteiger partial charge is 0.185 e. The molecule has 4 nitrogen and oxygen atoms in total. The Balaban J connectivity index is 1.78. The number of anilines is 1. The molecule has 1 aliphatic heterocycles. The van der Waals surface area contributed by atoms with E-state index in [-0.39, 0.29) is 0 Å². The fourth-order valence-electron chi connectivity index (χ4n) is 3.29. The van der Waals surface area contributed by atoms with Crippen molar-refractivity contribution >= 4 is 16.5 Å². The van der Waals surface area contributed by atoms with Crippen LogP contribution < -0.4 is 10.2 Å². The van der Waals surface area contributed by atoms with Gasteiger partial charge in [-0.25, -0.2) is 4.98 Å². The van der Waals surface area contributed by atoms with Gasteiger partial charge in [-0.1, -0.05) is 18.3 Å². The van der Waals surface area contributed by atoms with Gasteiger partial charge in [0.25, 0.3) is 0 Å². The first-order valence-electron chi connectivity index (χ1n) is 7.82. The van der Waals surface area contributed by atoms with Gasteiger partial charge in [0.05, 0.1) is 11.8 Å². The molecule has 1 aromatic rings. The van der Waals surface area contributed by atoms with Crippen molar-refractivity contribution < 1.29 is 4.74 Å². The third-order valence-corrected chi connectivity index (χ3v) is 5.64. The van der Waals surface area contributed by atoms with Crippen LogP contribution in [0, 0.1) is 0 Å². The number of aromatic nitrogens is 1. The van der Waals surface area contributed by atoms with E-state index in [0.29, 0.717) is 12.1 Å². The van der Waals surface area contributed by atoms with E-state index in [9.17, 15) is 0 Å². The lowest BCUT2D eigenvalue weighted by atomic mass is 9.98. The quantitative estimate of drug-likeness (QED) is 0.927. The van der Waals surface area contributed by atoms with Gasteiger partial charge in [-0.3, -0.25) is 0 Å². The van der Waals surface area contributed by atoms with Crippen molar-refractivity contribution in [3.05, 3.63) is 10.6 Å². The zero-order chi connectivity index (χ0) is 13.9. The van der Waals surface area contributed by atoms with E-state index in [1.807, 2.05) is 18.4 Å². The minimum Gasteiger partial charge on any atom is -0.380 e. The molecule has 5 heteroatoms. The van der Waals surface area contributed by atoms with Crippen LogP contribution in [0.25, 0.3) is 0 Å². The van der Waals surface area contributed by atoms with Crippen LogP contribution in [0.1, 0.15) is 49.2 Å². The van der Waals surface area contributed by atoms with Crippen molar-refractivity contribution in [1.29, 1.82) is 0 Å². The van der Waals surface area contributed by atoms with Crippen molar-refractivity contribution in [3.8, 4) is 0 Å². The van der Waals surface area contributed by atoms with Crippen molar-refractivity contribution in [2.24, 2.45) is 0 Å². The Morgan fingerprint density at radius 2 is 2.30 bits per heavy atom. The molecule has 0 saturated carbocycles. The van der Waals surface area contributed by atoms with Crippen LogP contribution in [0.3, 0.4) is 0 Å². The van der Waals surface area contributed by atoms with Gasteiger partial charge >= 0.3 is 0 Å². The van der Waals surface area contributed by atoms with E-state index < -0.39 is 0 Å². The lowest BCUT2D eigenvalue weighted by molar-refractivity contribution is 0.0893. The van der Waals surface area contributed by atoms with Crippen molar-refractivity contribution in [2.45, 2.75) is 51.2 Å². The molecule has 20 heavy (non-hydrogen) atoms. The van der Waals surface area contributed by atoms with Crippen LogP contribution in [-0.2, 0) is 11.2 Å². The molecular formula is C15H25N3OS. The third kappa shape index (κ3) is 2.85. The van der Waals surface area contributed by atoms with Gasteiger partial charge in [0, 0.05) is 31.1 Å². The standard InChI is InChI=1S/C15H25N3OS/c1-3-16-12-7-4-8-13-14(12)20-15(17-13)18-9-5-6-11(10-18)19-2/h11-12,16H,3-10H2,1-2H3. The van der Waals surface area contributed by atoms with Crippen molar-refractivity contribution in [2.75, 3.05) is 31.6 Å².